The van der Waals surface area contributed by atoms with E-state index < -0.39 is 10.0 Å². The van der Waals surface area contributed by atoms with Gasteiger partial charge in [0.25, 0.3) is 0 Å². The molecule has 1 aliphatic rings. The third kappa shape index (κ3) is 4.41. The molecule has 0 bridgehead atoms. The molecule has 1 aliphatic carbocycles. The average molecular weight is 326 g/mol. The van der Waals surface area contributed by atoms with E-state index in [2.05, 4.69) is 29.3 Å². The summed E-state index contributed by atoms with van der Waals surface area (Å²) < 4.78 is 23.2. The Labute approximate surface area is 133 Å². The fraction of sp³-hybridized carbons (Fsp3) is 0.667. The average Bonchev–Trinajstić information content (AvgIpc) is 2.47. The Morgan fingerprint density at radius 3 is 2.64 bits per heavy atom. The number of anilines is 1. The summed E-state index contributed by atoms with van der Waals surface area (Å²) >= 11 is 0. The first kappa shape index (κ1) is 17.2. The summed E-state index contributed by atoms with van der Waals surface area (Å²) in [6.45, 7) is 0.664. The highest BCUT2D eigenvalue weighted by molar-refractivity contribution is 7.89. The number of nitrogens with one attached hydrogen (secondary N) is 1. The highest BCUT2D eigenvalue weighted by Crippen LogP contribution is 2.28. The normalized spacial score (nSPS) is 18.4. The highest BCUT2D eigenvalue weighted by Gasteiger charge is 2.26. The lowest BCUT2D eigenvalue weighted by Gasteiger charge is -2.35. The molecular weight excluding hydrogens is 300 g/mol. The molecular formula is C15H26N4O2S. The molecule has 1 aromatic heterocycles. The zero-order chi connectivity index (χ0) is 16.2. The maximum atomic E-state index is 11.6. The summed E-state index contributed by atoms with van der Waals surface area (Å²) in [6, 6.07) is 3.42. The van der Waals surface area contributed by atoms with Crippen LogP contribution in [0.1, 0.15) is 32.1 Å². The Kier molecular flexibility index (Phi) is 5.77. The van der Waals surface area contributed by atoms with Crippen molar-refractivity contribution >= 4 is 15.8 Å². The second kappa shape index (κ2) is 7.39. The minimum absolute atomic E-state index is 0.0520. The number of aromatic nitrogens is 1. The van der Waals surface area contributed by atoms with Crippen LogP contribution in [0, 0.1) is 5.92 Å². The zero-order valence-corrected chi connectivity index (χ0v) is 14.1. The van der Waals surface area contributed by atoms with E-state index in [4.69, 9.17) is 5.14 Å². The summed E-state index contributed by atoms with van der Waals surface area (Å²) in [5.74, 6) is 0.977. The van der Waals surface area contributed by atoms with Gasteiger partial charge in [-0.2, -0.15) is 0 Å². The van der Waals surface area contributed by atoms with Crippen LogP contribution in [0.3, 0.4) is 0 Å². The SMILES string of the molecule is CN(C)[C@@H](CNc1ncccc1S(N)(=O)=O)C1CCCCC1. The van der Waals surface area contributed by atoms with Crippen molar-refractivity contribution in [3.05, 3.63) is 18.3 Å². The molecule has 0 amide bonds. The first-order valence-electron chi connectivity index (χ1n) is 7.77. The monoisotopic (exact) mass is 326 g/mol. The number of nitrogens with zero attached hydrogens (tertiary/aromatic N) is 2. The fourth-order valence-electron chi connectivity index (χ4n) is 3.24. The Hall–Kier alpha value is -1.18. The molecule has 1 atom stereocenters. The molecule has 7 heteroatoms. The van der Waals surface area contributed by atoms with E-state index in [1.165, 1.54) is 38.2 Å². The maximum Gasteiger partial charge on any atom is 0.241 e. The molecule has 1 fully saturated rings. The molecule has 2 rings (SSSR count). The van der Waals surface area contributed by atoms with Crippen LogP contribution in [0.4, 0.5) is 5.82 Å². The molecule has 0 spiro atoms. The van der Waals surface area contributed by atoms with Crippen LogP contribution in [0.25, 0.3) is 0 Å². The Bertz CT molecular complexity index is 583. The minimum atomic E-state index is -3.77. The molecule has 124 valence electrons. The van der Waals surface area contributed by atoms with Gasteiger partial charge >= 0.3 is 0 Å². The van der Waals surface area contributed by atoms with Gasteiger partial charge in [0.15, 0.2) is 0 Å². The number of hydrogen-bond acceptors (Lipinski definition) is 5. The molecule has 1 aromatic rings. The molecule has 6 nitrogen and oxygen atoms in total. The topological polar surface area (TPSA) is 88.3 Å². The number of sulfonamides is 1. The highest BCUT2D eigenvalue weighted by atomic mass is 32.2. The van der Waals surface area contributed by atoms with Crippen LogP contribution >= 0.6 is 0 Å². The van der Waals surface area contributed by atoms with E-state index in [9.17, 15) is 8.42 Å². The van der Waals surface area contributed by atoms with Crippen LogP contribution in [0.2, 0.25) is 0 Å². The van der Waals surface area contributed by atoms with Gasteiger partial charge in [-0.3, -0.25) is 0 Å². The quantitative estimate of drug-likeness (QED) is 0.830. The second-order valence-corrected chi connectivity index (χ2v) is 7.73. The second-order valence-electron chi connectivity index (χ2n) is 6.21. The van der Waals surface area contributed by atoms with E-state index in [1.54, 1.807) is 12.3 Å². The maximum absolute atomic E-state index is 11.6. The fourth-order valence-corrected chi connectivity index (χ4v) is 3.91. The van der Waals surface area contributed by atoms with Crippen LogP contribution in [-0.2, 0) is 10.0 Å². The number of pyridine rings is 1. The lowest BCUT2D eigenvalue weighted by atomic mass is 9.83. The van der Waals surface area contributed by atoms with Crippen molar-refractivity contribution in [1.29, 1.82) is 0 Å². The van der Waals surface area contributed by atoms with Gasteiger partial charge in [-0.1, -0.05) is 19.3 Å². The summed E-state index contributed by atoms with van der Waals surface area (Å²) in [4.78, 5) is 6.40. The van der Waals surface area contributed by atoms with E-state index >= 15 is 0 Å². The van der Waals surface area contributed by atoms with Crippen molar-refractivity contribution < 1.29 is 8.42 Å². The van der Waals surface area contributed by atoms with Crippen LogP contribution in [0.15, 0.2) is 23.2 Å². The first-order valence-corrected chi connectivity index (χ1v) is 9.32. The summed E-state index contributed by atoms with van der Waals surface area (Å²) in [5, 5.41) is 8.43. The Balaban J connectivity index is 2.10. The Morgan fingerprint density at radius 1 is 1.36 bits per heavy atom. The third-order valence-corrected chi connectivity index (χ3v) is 5.36. The summed E-state index contributed by atoms with van der Waals surface area (Å²) in [5.41, 5.74) is 0. The number of nitrogens with two attached hydrogens (primary N) is 1. The lowest BCUT2D eigenvalue weighted by Crippen LogP contribution is -2.41. The van der Waals surface area contributed by atoms with Crippen LogP contribution in [0.5, 0.6) is 0 Å². The molecule has 0 aliphatic heterocycles. The van der Waals surface area contributed by atoms with Crippen molar-refractivity contribution in [2.45, 2.75) is 43.0 Å². The number of likely N-dealkylation sites (N-methyl/N-ethyl adjacent to an activating group) is 1. The standard InChI is InChI=1S/C15H26N4O2S/c1-19(2)13(12-7-4-3-5-8-12)11-18-15-14(22(16,20)21)9-6-10-17-15/h6,9-10,12-13H,3-5,7-8,11H2,1-2H3,(H,17,18)(H2,16,20,21)/t13-/m0/s1. The Morgan fingerprint density at radius 2 is 2.05 bits per heavy atom. The summed E-state index contributed by atoms with van der Waals surface area (Å²) in [6.07, 6.45) is 7.91. The van der Waals surface area contributed by atoms with Crippen molar-refractivity contribution in [2.24, 2.45) is 11.1 Å². The van der Waals surface area contributed by atoms with Gasteiger partial charge in [0.05, 0.1) is 0 Å². The van der Waals surface area contributed by atoms with Crippen LogP contribution in [-0.4, -0.2) is 45.0 Å². The molecule has 0 aromatic carbocycles. The minimum Gasteiger partial charge on any atom is -0.367 e. The molecule has 0 radical (unpaired) electrons. The third-order valence-electron chi connectivity index (χ3n) is 4.41. The molecule has 0 unspecified atom stereocenters. The largest absolute Gasteiger partial charge is 0.367 e. The van der Waals surface area contributed by atoms with E-state index in [0.717, 1.165) is 0 Å². The molecule has 22 heavy (non-hydrogen) atoms. The van der Waals surface area contributed by atoms with Gasteiger partial charge < -0.3 is 10.2 Å². The van der Waals surface area contributed by atoms with Gasteiger partial charge in [-0.25, -0.2) is 18.5 Å². The molecule has 3 N–H and O–H groups in total. The predicted octanol–water partition coefficient (Wildman–Crippen LogP) is 1.65. The molecule has 0 saturated heterocycles. The smallest absolute Gasteiger partial charge is 0.241 e. The lowest BCUT2D eigenvalue weighted by molar-refractivity contribution is 0.179. The number of rotatable bonds is 6. The van der Waals surface area contributed by atoms with Gasteiger partial charge in [0.1, 0.15) is 10.7 Å². The van der Waals surface area contributed by atoms with Crippen molar-refractivity contribution in [2.75, 3.05) is 26.0 Å². The van der Waals surface area contributed by atoms with E-state index in [-0.39, 0.29) is 4.90 Å². The van der Waals surface area contributed by atoms with Gasteiger partial charge in [-0.05, 0) is 45.0 Å². The van der Waals surface area contributed by atoms with E-state index in [1.807, 2.05) is 0 Å². The number of primary sulfonamides is 1. The van der Waals surface area contributed by atoms with Crippen molar-refractivity contribution in [3.8, 4) is 0 Å². The first-order chi connectivity index (χ1) is 10.4. The molecule has 1 heterocycles. The summed E-state index contributed by atoms with van der Waals surface area (Å²) in [7, 11) is 0.374. The zero-order valence-electron chi connectivity index (χ0n) is 13.3. The van der Waals surface area contributed by atoms with Crippen LogP contribution < -0.4 is 10.5 Å². The number of hydrogen-bond donors (Lipinski definition) is 2. The van der Waals surface area contributed by atoms with Gasteiger partial charge in [0.2, 0.25) is 10.0 Å². The van der Waals surface area contributed by atoms with Gasteiger partial charge in [-0.15, -0.1) is 0 Å². The van der Waals surface area contributed by atoms with E-state index in [0.29, 0.717) is 24.3 Å². The van der Waals surface area contributed by atoms with Gasteiger partial charge in [0, 0.05) is 18.8 Å². The molecule has 1 saturated carbocycles. The van der Waals surface area contributed by atoms with Crippen molar-refractivity contribution in [3.63, 3.8) is 0 Å². The predicted molar refractivity (Wildman–Crippen MR) is 88.1 cm³/mol. The van der Waals surface area contributed by atoms with Crippen molar-refractivity contribution in [1.82, 2.24) is 9.88 Å².